The lowest BCUT2D eigenvalue weighted by Crippen LogP contribution is -2.32. The largest absolute Gasteiger partial charge is 0.497 e. The first-order valence-electron chi connectivity index (χ1n) is 6.85. The molecule has 0 bridgehead atoms. The highest BCUT2D eigenvalue weighted by atomic mass is 19.2. The van der Waals surface area contributed by atoms with Gasteiger partial charge < -0.3 is 20.1 Å². The fraction of sp³-hybridized carbons (Fsp3) is 0.188. The molecule has 2 rings (SSSR count). The van der Waals surface area contributed by atoms with Gasteiger partial charge in [-0.05, 0) is 36.4 Å². The highest BCUT2D eigenvalue weighted by Crippen LogP contribution is 2.16. The van der Waals surface area contributed by atoms with Gasteiger partial charge in [0.25, 0.3) is 0 Å². The summed E-state index contributed by atoms with van der Waals surface area (Å²) in [6.45, 7) is 0.513. The summed E-state index contributed by atoms with van der Waals surface area (Å²) in [6.07, 6.45) is 0. The maximum Gasteiger partial charge on any atom is 0.319 e. The number of anilines is 1. The van der Waals surface area contributed by atoms with Crippen LogP contribution in [-0.4, -0.2) is 26.3 Å². The van der Waals surface area contributed by atoms with Crippen LogP contribution >= 0.6 is 0 Å². The summed E-state index contributed by atoms with van der Waals surface area (Å²) >= 11 is 0. The summed E-state index contributed by atoms with van der Waals surface area (Å²) in [5, 5.41) is 4.94. The van der Waals surface area contributed by atoms with Gasteiger partial charge >= 0.3 is 6.03 Å². The Morgan fingerprint density at radius 3 is 2.39 bits per heavy atom. The predicted octanol–water partition coefficient (Wildman–Crippen LogP) is 3.17. The van der Waals surface area contributed by atoms with E-state index in [0.717, 1.165) is 17.9 Å². The molecule has 23 heavy (non-hydrogen) atoms. The minimum Gasteiger partial charge on any atom is -0.497 e. The topological polar surface area (TPSA) is 59.6 Å². The van der Waals surface area contributed by atoms with E-state index in [9.17, 15) is 13.6 Å². The highest BCUT2D eigenvalue weighted by Gasteiger charge is 2.05. The van der Waals surface area contributed by atoms with Crippen molar-refractivity contribution in [3.05, 3.63) is 54.1 Å². The maximum atomic E-state index is 13.0. The number of amides is 2. The lowest BCUT2D eigenvalue weighted by Gasteiger charge is -2.09. The van der Waals surface area contributed by atoms with E-state index in [0.29, 0.717) is 5.75 Å². The van der Waals surface area contributed by atoms with Gasteiger partial charge in [-0.25, -0.2) is 13.6 Å². The summed E-state index contributed by atoms with van der Waals surface area (Å²) in [7, 11) is 1.57. The number of ether oxygens (including phenoxy) is 2. The van der Waals surface area contributed by atoms with Crippen molar-refractivity contribution < 1.29 is 23.0 Å². The highest BCUT2D eigenvalue weighted by molar-refractivity contribution is 5.89. The third-order valence-corrected chi connectivity index (χ3v) is 2.89. The third-order valence-electron chi connectivity index (χ3n) is 2.89. The number of urea groups is 1. The zero-order chi connectivity index (χ0) is 16.7. The minimum atomic E-state index is -1.02. The number of halogens is 2. The van der Waals surface area contributed by atoms with E-state index in [1.165, 1.54) is 6.07 Å². The third kappa shape index (κ3) is 5.14. The van der Waals surface area contributed by atoms with Gasteiger partial charge in [-0.15, -0.1) is 0 Å². The molecule has 0 saturated carbocycles. The molecule has 0 heterocycles. The van der Waals surface area contributed by atoms with Gasteiger partial charge in [-0.2, -0.15) is 0 Å². The van der Waals surface area contributed by atoms with Crippen molar-refractivity contribution in [2.24, 2.45) is 0 Å². The molecule has 0 saturated heterocycles. The Balaban J connectivity index is 1.70. The average molecular weight is 322 g/mol. The lowest BCUT2D eigenvalue weighted by molar-refractivity contribution is 0.247. The van der Waals surface area contributed by atoms with Crippen molar-refractivity contribution >= 4 is 11.7 Å². The fourth-order valence-corrected chi connectivity index (χ4v) is 1.75. The number of hydrogen-bond acceptors (Lipinski definition) is 3. The molecule has 0 spiro atoms. The van der Waals surface area contributed by atoms with Crippen LogP contribution in [0.2, 0.25) is 0 Å². The number of rotatable bonds is 6. The Morgan fingerprint density at radius 2 is 1.74 bits per heavy atom. The molecule has 2 amide bonds. The number of methoxy groups -OCH3 is 1. The molecule has 0 fully saturated rings. The van der Waals surface area contributed by atoms with Crippen LogP contribution in [0.4, 0.5) is 19.3 Å². The number of benzene rings is 2. The molecule has 122 valence electrons. The molecule has 2 aromatic rings. The number of carbonyl (C=O) groups is 1. The summed E-state index contributed by atoms with van der Waals surface area (Å²) in [5.41, 5.74) is 0.164. The maximum absolute atomic E-state index is 13.0. The lowest BCUT2D eigenvalue weighted by atomic mass is 10.3. The Kier molecular flexibility index (Phi) is 5.74. The van der Waals surface area contributed by atoms with Gasteiger partial charge in [0.15, 0.2) is 11.6 Å². The molecule has 0 atom stereocenters. The Labute approximate surface area is 132 Å². The summed E-state index contributed by atoms with van der Waals surface area (Å²) in [5.74, 6) is -0.621. The van der Waals surface area contributed by atoms with Crippen LogP contribution in [0, 0.1) is 11.6 Å². The molecule has 0 aromatic heterocycles. The van der Waals surface area contributed by atoms with Crippen LogP contribution in [0.3, 0.4) is 0 Å². The van der Waals surface area contributed by atoms with E-state index in [-0.39, 0.29) is 18.8 Å². The summed E-state index contributed by atoms with van der Waals surface area (Å²) in [4.78, 5) is 11.6. The summed E-state index contributed by atoms with van der Waals surface area (Å²) < 4.78 is 36.2. The monoisotopic (exact) mass is 322 g/mol. The van der Waals surface area contributed by atoms with Gasteiger partial charge in [0, 0.05) is 11.8 Å². The minimum absolute atomic E-state index is 0.164. The zero-order valence-electron chi connectivity index (χ0n) is 12.4. The molecule has 0 aliphatic rings. The van der Waals surface area contributed by atoms with Crippen molar-refractivity contribution in [3.63, 3.8) is 0 Å². The molecule has 5 nitrogen and oxygen atoms in total. The van der Waals surface area contributed by atoms with E-state index < -0.39 is 17.7 Å². The molecule has 0 radical (unpaired) electrons. The van der Waals surface area contributed by atoms with Crippen molar-refractivity contribution in [1.29, 1.82) is 0 Å². The van der Waals surface area contributed by atoms with Gasteiger partial charge in [0.05, 0.1) is 13.7 Å². The first kappa shape index (κ1) is 16.5. The van der Waals surface area contributed by atoms with Gasteiger partial charge in [0.1, 0.15) is 18.1 Å². The molecule has 2 aromatic carbocycles. The van der Waals surface area contributed by atoms with E-state index in [1.54, 1.807) is 31.4 Å². The first-order chi connectivity index (χ1) is 11.1. The van der Waals surface area contributed by atoms with Crippen LogP contribution < -0.4 is 20.1 Å². The van der Waals surface area contributed by atoms with Gasteiger partial charge in [0.2, 0.25) is 0 Å². The second-order valence-corrected chi connectivity index (χ2v) is 4.53. The summed E-state index contributed by atoms with van der Waals surface area (Å²) in [6, 6.07) is 9.61. The van der Waals surface area contributed by atoms with Crippen LogP contribution in [-0.2, 0) is 0 Å². The molecular weight excluding hydrogens is 306 g/mol. The fourth-order valence-electron chi connectivity index (χ4n) is 1.75. The number of hydrogen-bond donors (Lipinski definition) is 2. The van der Waals surface area contributed by atoms with Crippen LogP contribution in [0.1, 0.15) is 0 Å². The quantitative estimate of drug-likeness (QED) is 0.803. The Bertz CT molecular complexity index is 663. The SMILES string of the molecule is COc1ccc(OCCNC(=O)Nc2ccc(F)c(F)c2)cc1. The molecule has 2 N–H and O–H groups in total. The predicted molar refractivity (Wildman–Crippen MR) is 81.9 cm³/mol. The van der Waals surface area contributed by atoms with Gasteiger partial charge in [-0.3, -0.25) is 0 Å². The second kappa shape index (κ2) is 7.98. The van der Waals surface area contributed by atoms with Crippen molar-refractivity contribution in [2.45, 2.75) is 0 Å². The zero-order valence-corrected chi connectivity index (χ0v) is 12.4. The van der Waals surface area contributed by atoms with E-state index in [2.05, 4.69) is 10.6 Å². The van der Waals surface area contributed by atoms with E-state index in [4.69, 9.17) is 9.47 Å². The van der Waals surface area contributed by atoms with Crippen LogP contribution in [0.5, 0.6) is 11.5 Å². The Morgan fingerprint density at radius 1 is 1.04 bits per heavy atom. The first-order valence-corrected chi connectivity index (χ1v) is 6.85. The standard InChI is InChI=1S/C16H16F2N2O3/c1-22-12-3-5-13(6-4-12)23-9-8-19-16(21)20-11-2-7-14(17)15(18)10-11/h2-7,10H,8-9H2,1H3,(H2,19,20,21). The molecule has 7 heteroatoms. The van der Waals surface area contributed by atoms with Crippen LogP contribution in [0.25, 0.3) is 0 Å². The normalized spacial score (nSPS) is 10.0. The van der Waals surface area contributed by atoms with Crippen molar-refractivity contribution in [2.75, 3.05) is 25.6 Å². The molecule has 0 aliphatic carbocycles. The number of carbonyl (C=O) groups excluding carboxylic acids is 1. The van der Waals surface area contributed by atoms with Crippen molar-refractivity contribution in [1.82, 2.24) is 5.32 Å². The molecular formula is C16H16F2N2O3. The number of nitrogens with one attached hydrogen (secondary N) is 2. The molecule has 0 unspecified atom stereocenters. The Hall–Kier alpha value is -2.83. The van der Waals surface area contributed by atoms with Crippen molar-refractivity contribution in [3.8, 4) is 11.5 Å². The van der Waals surface area contributed by atoms with E-state index in [1.807, 2.05) is 0 Å². The molecule has 0 aliphatic heterocycles. The van der Waals surface area contributed by atoms with Crippen LogP contribution in [0.15, 0.2) is 42.5 Å². The van der Waals surface area contributed by atoms with E-state index >= 15 is 0 Å². The van der Waals surface area contributed by atoms with Gasteiger partial charge in [-0.1, -0.05) is 0 Å². The second-order valence-electron chi connectivity index (χ2n) is 4.53. The smallest absolute Gasteiger partial charge is 0.319 e. The average Bonchev–Trinajstić information content (AvgIpc) is 2.55.